The molecule has 0 saturated carbocycles. The van der Waals surface area contributed by atoms with Crippen LogP contribution in [0.2, 0.25) is 0 Å². The summed E-state index contributed by atoms with van der Waals surface area (Å²) in [5.41, 5.74) is 0. The molecule has 1 unspecified atom stereocenters. The van der Waals surface area contributed by atoms with Gasteiger partial charge in [-0.2, -0.15) is 0 Å². The minimum atomic E-state index is -0.229. The van der Waals surface area contributed by atoms with Crippen LogP contribution in [0.1, 0.15) is 23.9 Å². The molecule has 0 bridgehead atoms. The maximum Gasteiger partial charge on any atom is 0.287 e. The van der Waals surface area contributed by atoms with E-state index < -0.39 is 0 Å². The largest absolute Gasteiger partial charge is 0.459 e. The molecule has 0 aromatic carbocycles. The van der Waals surface area contributed by atoms with Gasteiger partial charge in [0, 0.05) is 12.5 Å². The monoisotopic (exact) mass is 177 g/mol. The summed E-state index contributed by atoms with van der Waals surface area (Å²) in [5, 5.41) is 2.71. The molecular weight excluding hydrogens is 166 g/mol. The van der Waals surface area contributed by atoms with E-state index in [9.17, 15) is 4.79 Å². The number of terminal acetylenes is 1. The highest BCUT2D eigenvalue weighted by Crippen LogP contribution is 2.00. The van der Waals surface area contributed by atoms with Crippen molar-refractivity contribution >= 4 is 5.91 Å². The molecule has 0 saturated heterocycles. The van der Waals surface area contributed by atoms with Gasteiger partial charge in [-0.05, 0) is 19.1 Å². The lowest BCUT2D eigenvalue weighted by Gasteiger charge is -2.08. The minimum absolute atomic E-state index is 0.0254. The van der Waals surface area contributed by atoms with Crippen molar-refractivity contribution < 1.29 is 9.21 Å². The summed E-state index contributed by atoms with van der Waals surface area (Å²) in [6, 6.07) is 3.25. The first kappa shape index (κ1) is 9.40. The number of carbonyl (C=O) groups excluding carboxylic acids is 1. The van der Waals surface area contributed by atoms with Gasteiger partial charge in [-0.3, -0.25) is 4.79 Å². The third kappa shape index (κ3) is 2.68. The Morgan fingerprint density at radius 3 is 3.15 bits per heavy atom. The first-order chi connectivity index (χ1) is 6.24. The van der Waals surface area contributed by atoms with E-state index in [0.717, 1.165) is 0 Å². The molecule has 1 rings (SSSR count). The highest BCUT2D eigenvalue weighted by Gasteiger charge is 2.10. The summed E-state index contributed by atoms with van der Waals surface area (Å²) in [6.45, 7) is 1.85. The van der Waals surface area contributed by atoms with Crippen LogP contribution in [0.15, 0.2) is 22.8 Å². The number of hydrogen-bond donors (Lipinski definition) is 1. The first-order valence-electron chi connectivity index (χ1n) is 4.02. The molecule has 68 valence electrons. The number of rotatable bonds is 3. The van der Waals surface area contributed by atoms with Crippen molar-refractivity contribution in [3.05, 3.63) is 24.2 Å². The van der Waals surface area contributed by atoms with Crippen LogP contribution in [-0.2, 0) is 0 Å². The van der Waals surface area contributed by atoms with Crippen molar-refractivity contribution in [2.75, 3.05) is 0 Å². The zero-order valence-corrected chi connectivity index (χ0v) is 7.41. The molecule has 1 N–H and O–H groups in total. The van der Waals surface area contributed by atoms with Crippen molar-refractivity contribution in [2.24, 2.45) is 0 Å². The molecule has 1 aromatic heterocycles. The number of furan rings is 1. The van der Waals surface area contributed by atoms with Crippen LogP contribution in [0.5, 0.6) is 0 Å². The molecule has 3 nitrogen and oxygen atoms in total. The highest BCUT2D eigenvalue weighted by atomic mass is 16.3. The number of hydrogen-bond acceptors (Lipinski definition) is 2. The van der Waals surface area contributed by atoms with E-state index in [1.165, 1.54) is 6.26 Å². The molecule has 13 heavy (non-hydrogen) atoms. The smallest absolute Gasteiger partial charge is 0.287 e. The second-order valence-electron chi connectivity index (χ2n) is 2.76. The first-order valence-corrected chi connectivity index (χ1v) is 4.02. The van der Waals surface area contributed by atoms with Crippen LogP contribution in [0.3, 0.4) is 0 Å². The fourth-order valence-corrected chi connectivity index (χ4v) is 0.930. The molecule has 0 fully saturated rings. The van der Waals surface area contributed by atoms with E-state index in [-0.39, 0.29) is 11.9 Å². The van der Waals surface area contributed by atoms with Crippen LogP contribution in [0.4, 0.5) is 0 Å². The zero-order chi connectivity index (χ0) is 9.68. The molecule has 0 spiro atoms. The van der Waals surface area contributed by atoms with Crippen molar-refractivity contribution in [3.63, 3.8) is 0 Å². The Morgan fingerprint density at radius 1 is 1.85 bits per heavy atom. The van der Waals surface area contributed by atoms with Gasteiger partial charge in [0.25, 0.3) is 5.91 Å². The molecule has 1 aromatic rings. The van der Waals surface area contributed by atoms with Crippen molar-refractivity contribution in [3.8, 4) is 12.3 Å². The molecule has 1 heterocycles. The number of nitrogens with one attached hydrogen (secondary N) is 1. The second-order valence-corrected chi connectivity index (χ2v) is 2.76. The lowest BCUT2D eigenvalue weighted by Crippen LogP contribution is -2.31. The minimum Gasteiger partial charge on any atom is -0.459 e. The van der Waals surface area contributed by atoms with Gasteiger partial charge in [0.1, 0.15) is 0 Å². The third-order valence-electron chi connectivity index (χ3n) is 1.55. The van der Waals surface area contributed by atoms with E-state index in [2.05, 4.69) is 11.2 Å². The molecule has 3 heteroatoms. The SMILES string of the molecule is C#CCC(C)NC(=O)c1ccco1. The van der Waals surface area contributed by atoms with Crippen molar-refractivity contribution in [1.29, 1.82) is 0 Å². The Balaban J connectivity index is 2.48. The van der Waals surface area contributed by atoms with Gasteiger partial charge in [0.05, 0.1) is 6.26 Å². The Bertz CT molecular complexity index is 308. The third-order valence-corrected chi connectivity index (χ3v) is 1.55. The van der Waals surface area contributed by atoms with Gasteiger partial charge in [-0.1, -0.05) is 0 Å². The highest BCUT2D eigenvalue weighted by molar-refractivity contribution is 5.91. The Labute approximate surface area is 77.1 Å². The Hall–Kier alpha value is -1.69. The van der Waals surface area contributed by atoms with Gasteiger partial charge < -0.3 is 9.73 Å². The molecule has 0 aliphatic heterocycles. The Morgan fingerprint density at radius 2 is 2.62 bits per heavy atom. The molecule has 1 amide bonds. The van der Waals surface area contributed by atoms with Crippen molar-refractivity contribution in [1.82, 2.24) is 5.32 Å². The molecular formula is C10H11NO2. The Kier molecular flexibility index (Phi) is 3.15. The normalized spacial score (nSPS) is 11.7. The van der Waals surface area contributed by atoms with E-state index in [0.29, 0.717) is 12.2 Å². The van der Waals surface area contributed by atoms with Crippen LogP contribution in [0, 0.1) is 12.3 Å². The summed E-state index contributed by atoms with van der Waals surface area (Å²) >= 11 is 0. The fourth-order valence-electron chi connectivity index (χ4n) is 0.930. The summed E-state index contributed by atoms with van der Waals surface area (Å²) in [6.07, 6.45) is 7.08. The van der Waals surface area contributed by atoms with Gasteiger partial charge in [-0.15, -0.1) is 12.3 Å². The van der Waals surface area contributed by atoms with Crippen molar-refractivity contribution in [2.45, 2.75) is 19.4 Å². The quantitative estimate of drug-likeness (QED) is 0.709. The number of amides is 1. The lowest BCUT2D eigenvalue weighted by atomic mass is 10.2. The number of carbonyl (C=O) groups is 1. The summed E-state index contributed by atoms with van der Waals surface area (Å²) in [4.78, 5) is 11.3. The van der Waals surface area contributed by atoms with Crippen LogP contribution >= 0.6 is 0 Å². The molecule has 1 atom stereocenters. The van der Waals surface area contributed by atoms with Crippen LogP contribution in [0.25, 0.3) is 0 Å². The predicted molar refractivity (Wildman–Crippen MR) is 49.1 cm³/mol. The van der Waals surface area contributed by atoms with Gasteiger partial charge in [-0.25, -0.2) is 0 Å². The van der Waals surface area contributed by atoms with Gasteiger partial charge in [0.15, 0.2) is 5.76 Å². The lowest BCUT2D eigenvalue weighted by molar-refractivity contribution is 0.0913. The average molecular weight is 177 g/mol. The van der Waals surface area contributed by atoms with Gasteiger partial charge in [0.2, 0.25) is 0 Å². The predicted octanol–water partition coefficient (Wildman–Crippen LogP) is 1.42. The van der Waals surface area contributed by atoms with Crippen LogP contribution < -0.4 is 5.32 Å². The second kappa shape index (κ2) is 4.36. The maximum absolute atomic E-state index is 11.3. The summed E-state index contributed by atoms with van der Waals surface area (Å²) in [5.74, 6) is 2.55. The molecule has 0 aliphatic carbocycles. The fraction of sp³-hybridized carbons (Fsp3) is 0.300. The topological polar surface area (TPSA) is 42.2 Å². The van der Waals surface area contributed by atoms with E-state index in [1.54, 1.807) is 12.1 Å². The molecule has 0 radical (unpaired) electrons. The van der Waals surface area contributed by atoms with E-state index >= 15 is 0 Å². The van der Waals surface area contributed by atoms with E-state index in [4.69, 9.17) is 10.8 Å². The summed E-state index contributed by atoms with van der Waals surface area (Å²) < 4.78 is 4.91. The average Bonchev–Trinajstić information content (AvgIpc) is 2.55. The van der Waals surface area contributed by atoms with E-state index in [1.807, 2.05) is 6.92 Å². The van der Waals surface area contributed by atoms with Crippen LogP contribution in [-0.4, -0.2) is 11.9 Å². The maximum atomic E-state index is 11.3. The summed E-state index contributed by atoms with van der Waals surface area (Å²) in [7, 11) is 0. The standard InChI is InChI=1S/C10H11NO2/c1-3-5-8(2)11-10(12)9-6-4-7-13-9/h1,4,6-8H,5H2,2H3,(H,11,12). The van der Waals surface area contributed by atoms with Gasteiger partial charge >= 0.3 is 0 Å². The molecule has 0 aliphatic rings. The zero-order valence-electron chi connectivity index (χ0n) is 7.41.